The van der Waals surface area contributed by atoms with Crippen LogP contribution in [-0.2, 0) is 11.3 Å². The monoisotopic (exact) mass is 279 g/mol. The molecule has 0 saturated carbocycles. The normalized spacial score (nSPS) is 15.2. The predicted molar refractivity (Wildman–Crippen MR) is 76.7 cm³/mol. The van der Waals surface area contributed by atoms with Gasteiger partial charge in [0.1, 0.15) is 5.82 Å². The van der Waals surface area contributed by atoms with Crippen molar-refractivity contribution in [2.24, 2.45) is 5.92 Å². The molecule has 1 aliphatic rings. The summed E-state index contributed by atoms with van der Waals surface area (Å²) in [5.41, 5.74) is 0.837. The molecule has 0 unspecified atom stereocenters. The number of amides is 1. The second kappa shape index (κ2) is 6.81. The number of hydrogen-bond donors (Lipinski definition) is 1. The van der Waals surface area contributed by atoms with Crippen molar-refractivity contribution in [2.75, 3.05) is 40.3 Å². The molecule has 2 rings (SSSR count). The minimum Gasteiger partial charge on any atom is -0.337 e. The molecule has 1 N–H and O–H groups in total. The lowest BCUT2D eigenvalue weighted by Gasteiger charge is -2.33. The van der Waals surface area contributed by atoms with Crippen LogP contribution in [0.25, 0.3) is 0 Å². The van der Waals surface area contributed by atoms with Crippen LogP contribution in [0.15, 0.2) is 24.3 Å². The van der Waals surface area contributed by atoms with Crippen LogP contribution < -0.4 is 5.32 Å². The zero-order valence-corrected chi connectivity index (χ0v) is 12.1. The van der Waals surface area contributed by atoms with Gasteiger partial charge >= 0.3 is 0 Å². The minimum absolute atomic E-state index is 0.0747. The van der Waals surface area contributed by atoms with Crippen molar-refractivity contribution < 1.29 is 9.18 Å². The molecule has 4 nitrogen and oxygen atoms in total. The van der Waals surface area contributed by atoms with E-state index in [0.717, 1.165) is 25.2 Å². The lowest BCUT2D eigenvalue weighted by atomic mass is 10.0. The largest absolute Gasteiger partial charge is 0.337 e. The van der Waals surface area contributed by atoms with E-state index in [1.165, 1.54) is 12.1 Å². The molecule has 1 amide bonds. The van der Waals surface area contributed by atoms with Crippen LogP contribution in [0.1, 0.15) is 5.56 Å². The first-order chi connectivity index (χ1) is 9.56. The highest BCUT2D eigenvalue weighted by Gasteiger charge is 2.29. The third kappa shape index (κ3) is 4.02. The summed E-state index contributed by atoms with van der Waals surface area (Å²) in [6.07, 6.45) is 0. The molecule has 1 fully saturated rings. The van der Waals surface area contributed by atoms with Gasteiger partial charge in [-0.1, -0.05) is 12.1 Å². The van der Waals surface area contributed by atoms with Crippen molar-refractivity contribution in [2.45, 2.75) is 6.54 Å². The van der Waals surface area contributed by atoms with Crippen molar-refractivity contribution in [1.29, 1.82) is 0 Å². The number of likely N-dealkylation sites (N-methyl/N-ethyl adjacent to an activating group) is 1. The SMILES string of the molecule is CN(C)CCN(Cc1cccc(F)c1)C(=O)C1CNC1. The fourth-order valence-electron chi connectivity index (χ4n) is 2.17. The number of hydrogen-bond acceptors (Lipinski definition) is 3. The quantitative estimate of drug-likeness (QED) is 0.841. The van der Waals surface area contributed by atoms with Crippen molar-refractivity contribution in [3.8, 4) is 0 Å². The lowest BCUT2D eigenvalue weighted by Crippen LogP contribution is -2.52. The van der Waals surface area contributed by atoms with E-state index >= 15 is 0 Å². The predicted octanol–water partition coefficient (Wildman–Crippen LogP) is 0.935. The molecule has 0 radical (unpaired) electrons. The Kier molecular flexibility index (Phi) is 5.09. The number of benzene rings is 1. The van der Waals surface area contributed by atoms with Crippen LogP contribution in [-0.4, -0.2) is 56.0 Å². The molecule has 5 heteroatoms. The fourth-order valence-corrected chi connectivity index (χ4v) is 2.17. The Morgan fingerprint density at radius 1 is 1.35 bits per heavy atom. The van der Waals surface area contributed by atoms with Crippen LogP contribution in [0, 0.1) is 11.7 Å². The minimum atomic E-state index is -0.257. The number of halogens is 1. The summed E-state index contributed by atoms with van der Waals surface area (Å²) in [6.45, 7) is 3.45. The maximum absolute atomic E-state index is 13.2. The maximum Gasteiger partial charge on any atom is 0.228 e. The highest BCUT2D eigenvalue weighted by atomic mass is 19.1. The summed E-state index contributed by atoms with van der Waals surface area (Å²) >= 11 is 0. The molecule has 1 aromatic carbocycles. The van der Waals surface area contributed by atoms with Gasteiger partial charge in [0.25, 0.3) is 0 Å². The first-order valence-electron chi connectivity index (χ1n) is 6.95. The Bertz CT molecular complexity index is 460. The van der Waals surface area contributed by atoms with E-state index in [0.29, 0.717) is 13.1 Å². The molecule has 0 spiro atoms. The van der Waals surface area contributed by atoms with Crippen molar-refractivity contribution in [3.05, 3.63) is 35.6 Å². The zero-order valence-electron chi connectivity index (χ0n) is 12.1. The summed E-state index contributed by atoms with van der Waals surface area (Å²) in [5.74, 6) is -0.0200. The third-order valence-electron chi connectivity index (χ3n) is 3.52. The zero-order chi connectivity index (χ0) is 14.5. The van der Waals surface area contributed by atoms with E-state index in [-0.39, 0.29) is 17.6 Å². The summed E-state index contributed by atoms with van der Waals surface area (Å²) in [6, 6.07) is 6.46. The van der Waals surface area contributed by atoms with Crippen molar-refractivity contribution in [3.63, 3.8) is 0 Å². The number of carbonyl (C=O) groups excluding carboxylic acids is 1. The molecule has 110 valence electrons. The topological polar surface area (TPSA) is 35.6 Å². The average Bonchev–Trinajstić information content (AvgIpc) is 2.32. The van der Waals surface area contributed by atoms with Gasteiger partial charge in [0.15, 0.2) is 0 Å². The van der Waals surface area contributed by atoms with Gasteiger partial charge in [0, 0.05) is 32.7 Å². The highest BCUT2D eigenvalue weighted by molar-refractivity contribution is 5.80. The molecule has 20 heavy (non-hydrogen) atoms. The van der Waals surface area contributed by atoms with Crippen LogP contribution >= 0.6 is 0 Å². The molecule has 1 aromatic rings. The second-order valence-electron chi connectivity index (χ2n) is 5.55. The number of nitrogens with one attached hydrogen (secondary N) is 1. The number of rotatable bonds is 6. The lowest BCUT2D eigenvalue weighted by molar-refractivity contribution is -0.137. The van der Waals surface area contributed by atoms with Crippen molar-refractivity contribution in [1.82, 2.24) is 15.1 Å². The first kappa shape index (κ1) is 14.9. The Morgan fingerprint density at radius 3 is 2.65 bits per heavy atom. The van der Waals surface area contributed by atoms with E-state index in [9.17, 15) is 9.18 Å². The van der Waals surface area contributed by atoms with Gasteiger partial charge in [-0.2, -0.15) is 0 Å². The molecule has 1 heterocycles. The van der Waals surface area contributed by atoms with E-state index in [4.69, 9.17) is 0 Å². The Hall–Kier alpha value is -1.46. The maximum atomic E-state index is 13.2. The van der Waals surface area contributed by atoms with Crippen LogP contribution in [0.4, 0.5) is 4.39 Å². The summed E-state index contributed by atoms with van der Waals surface area (Å²) in [5, 5.41) is 3.12. The van der Waals surface area contributed by atoms with Gasteiger partial charge in [-0.05, 0) is 31.8 Å². The number of nitrogens with zero attached hydrogens (tertiary/aromatic N) is 2. The van der Waals surface area contributed by atoms with Gasteiger partial charge in [-0.15, -0.1) is 0 Å². The van der Waals surface area contributed by atoms with Crippen LogP contribution in [0.5, 0.6) is 0 Å². The van der Waals surface area contributed by atoms with E-state index in [1.54, 1.807) is 6.07 Å². The Morgan fingerprint density at radius 2 is 2.10 bits per heavy atom. The summed E-state index contributed by atoms with van der Waals surface area (Å²) in [7, 11) is 3.96. The summed E-state index contributed by atoms with van der Waals surface area (Å²) in [4.78, 5) is 16.3. The molecule has 1 saturated heterocycles. The van der Waals surface area contributed by atoms with Gasteiger partial charge in [0.05, 0.1) is 5.92 Å². The Labute approximate surface area is 119 Å². The molecule has 0 aliphatic carbocycles. The Balaban J connectivity index is 2.02. The van der Waals surface area contributed by atoms with Gasteiger partial charge in [0.2, 0.25) is 5.91 Å². The van der Waals surface area contributed by atoms with Crippen LogP contribution in [0.3, 0.4) is 0 Å². The molecular formula is C15H22FN3O. The molecule has 0 bridgehead atoms. The second-order valence-corrected chi connectivity index (χ2v) is 5.55. The molecule has 0 atom stereocenters. The number of carbonyl (C=O) groups is 1. The van der Waals surface area contributed by atoms with E-state index in [1.807, 2.05) is 30.0 Å². The smallest absolute Gasteiger partial charge is 0.228 e. The van der Waals surface area contributed by atoms with Gasteiger partial charge < -0.3 is 15.1 Å². The van der Waals surface area contributed by atoms with Crippen LogP contribution in [0.2, 0.25) is 0 Å². The third-order valence-corrected chi connectivity index (χ3v) is 3.52. The molecule has 1 aliphatic heterocycles. The van der Waals surface area contributed by atoms with E-state index in [2.05, 4.69) is 5.32 Å². The standard InChI is InChI=1S/C15H22FN3O/c1-18(2)6-7-19(15(20)13-9-17-10-13)11-12-4-3-5-14(16)8-12/h3-5,8,13,17H,6-7,9-11H2,1-2H3. The van der Waals surface area contributed by atoms with E-state index < -0.39 is 0 Å². The fraction of sp³-hybridized carbons (Fsp3) is 0.533. The molecule has 0 aromatic heterocycles. The van der Waals surface area contributed by atoms with Gasteiger partial charge in [-0.25, -0.2) is 4.39 Å². The van der Waals surface area contributed by atoms with Gasteiger partial charge in [-0.3, -0.25) is 4.79 Å². The highest BCUT2D eigenvalue weighted by Crippen LogP contribution is 2.13. The first-order valence-corrected chi connectivity index (χ1v) is 6.95. The van der Waals surface area contributed by atoms with Crippen molar-refractivity contribution >= 4 is 5.91 Å². The summed E-state index contributed by atoms with van der Waals surface area (Å²) < 4.78 is 13.2. The average molecular weight is 279 g/mol. The molecular weight excluding hydrogens is 257 g/mol.